The van der Waals surface area contributed by atoms with Gasteiger partial charge in [-0.05, 0) is 12.5 Å². The average Bonchev–Trinajstić information content (AvgIpc) is 2.46. The molecule has 2 rings (SSSR count). The molecule has 0 radical (unpaired) electrons. The quantitative estimate of drug-likeness (QED) is 0.858. The third-order valence-corrected chi connectivity index (χ3v) is 3.90. The molecule has 0 saturated carbocycles. The highest BCUT2D eigenvalue weighted by Gasteiger charge is 2.30. The second-order valence-electron chi connectivity index (χ2n) is 5.31. The van der Waals surface area contributed by atoms with Gasteiger partial charge in [-0.15, -0.1) is 0 Å². The molecule has 1 fully saturated rings. The van der Waals surface area contributed by atoms with Crippen molar-refractivity contribution in [1.29, 1.82) is 0 Å². The van der Waals surface area contributed by atoms with Crippen LogP contribution in [-0.4, -0.2) is 36.5 Å². The molecule has 1 aromatic carbocycles. The standard InChI is InChI=1S/C15H23N3O/c1-11-10-17-8-9-18(11)15(19)12(2)14(16)13-6-4-3-5-7-13/h3-7,11-12,14,17H,8-10,16H2,1-2H3. The summed E-state index contributed by atoms with van der Waals surface area (Å²) in [5.74, 6) is -0.0340. The number of nitrogens with one attached hydrogen (secondary N) is 1. The predicted octanol–water partition coefficient (Wildman–Crippen LogP) is 1.14. The van der Waals surface area contributed by atoms with Crippen LogP contribution in [0.4, 0.5) is 0 Å². The van der Waals surface area contributed by atoms with Gasteiger partial charge in [-0.1, -0.05) is 37.3 Å². The van der Waals surface area contributed by atoms with Gasteiger partial charge in [0.1, 0.15) is 0 Å². The van der Waals surface area contributed by atoms with Gasteiger partial charge in [0, 0.05) is 31.7 Å². The van der Waals surface area contributed by atoms with E-state index in [0.717, 1.165) is 25.2 Å². The summed E-state index contributed by atoms with van der Waals surface area (Å²) in [6.07, 6.45) is 0. The zero-order valence-corrected chi connectivity index (χ0v) is 11.7. The van der Waals surface area contributed by atoms with Crippen molar-refractivity contribution in [3.8, 4) is 0 Å². The van der Waals surface area contributed by atoms with Crippen molar-refractivity contribution in [2.24, 2.45) is 11.7 Å². The Hall–Kier alpha value is -1.39. The highest BCUT2D eigenvalue weighted by atomic mass is 16.2. The second kappa shape index (κ2) is 6.17. The van der Waals surface area contributed by atoms with E-state index in [1.807, 2.05) is 42.2 Å². The molecule has 1 aliphatic rings. The molecule has 3 unspecified atom stereocenters. The van der Waals surface area contributed by atoms with E-state index in [1.165, 1.54) is 0 Å². The molecule has 1 saturated heterocycles. The minimum atomic E-state index is -0.240. The summed E-state index contributed by atoms with van der Waals surface area (Å²) in [7, 11) is 0. The molecular formula is C15H23N3O. The lowest BCUT2D eigenvalue weighted by molar-refractivity contribution is -0.138. The number of hydrogen-bond donors (Lipinski definition) is 2. The van der Waals surface area contributed by atoms with Crippen LogP contribution in [0.5, 0.6) is 0 Å². The average molecular weight is 261 g/mol. The summed E-state index contributed by atoms with van der Waals surface area (Å²) in [5.41, 5.74) is 7.25. The predicted molar refractivity (Wildman–Crippen MR) is 76.6 cm³/mol. The number of amides is 1. The fraction of sp³-hybridized carbons (Fsp3) is 0.533. The van der Waals surface area contributed by atoms with E-state index in [0.29, 0.717) is 0 Å². The molecule has 1 heterocycles. The molecule has 104 valence electrons. The molecule has 0 bridgehead atoms. The highest BCUT2D eigenvalue weighted by Crippen LogP contribution is 2.22. The van der Waals surface area contributed by atoms with Crippen LogP contribution < -0.4 is 11.1 Å². The number of rotatable bonds is 3. The van der Waals surface area contributed by atoms with Crippen molar-refractivity contribution in [3.05, 3.63) is 35.9 Å². The Balaban J connectivity index is 2.06. The van der Waals surface area contributed by atoms with E-state index in [-0.39, 0.29) is 23.9 Å². The first-order valence-electron chi connectivity index (χ1n) is 6.93. The normalized spacial score (nSPS) is 22.9. The van der Waals surface area contributed by atoms with Crippen LogP contribution in [0, 0.1) is 5.92 Å². The topological polar surface area (TPSA) is 58.4 Å². The Morgan fingerprint density at radius 2 is 2.11 bits per heavy atom. The van der Waals surface area contributed by atoms with Crippen molar-refractivity contribution in [3.63, 3.8) is 0 Å². The first-order chi connectivity index (χ1) is 9.11. The van der Waals surface area contributed by atoms with E-state index in [9.17, 15) is 4.79 Å². The lowest BCUT2D eigenvalue weighted by Crippen LogP contribution is -2.54. The van der Waals surface area contributed by atoms with E-state index in [2.05, 4.69) is 12.2 Å². The van der Waals surface area contributed by atoms with Gasteiger partial charge in [-0.2, -0.15) is 0 Å². The Morgan fingerprint density at radius 3 is 2.74 bits per heavy atom. The SMILES string of the molecule is CC(C(=O)N1CCNCC1C)C(N)c1ccccc1. The second-order valence-corrected chi connectivity index (χ2v) is 5.31. The van der Waals surface area contributed by atoms with Crippen molar-refractivity contribution in [2.75, 3.05) is 19.6 Å². The van der Waals surface area contributed by atoms with Gasteiger partial charge in [0.05, 0.1) is 5.92 Å². The Kier molecular flexibility index (Phi) is 4.56. The molecular weight excluding hydrogens is 238 g/mol. The fourth-order valence-electron chi connectivity index (χ4n) is 2.55. The van der Waals surface area contributed by atoms with Crippen molar-refractivity contribution in [2.45, 2.75) is 25.9 Å². The molecule has 1 aliphatic heterocycles. The summed E-state index contributed by atoms with van der Waals surface area (Å²) in [6, 6.07) is 9.84. The minimum absolute atomic E-state index is 0.158. The number of carbonyl (C=O) groups is 1. The van der Waals surface area contributed by atoms with Gasteiger partial charge in [0.25, 0.3) is 0 Å². The Morgan fingerprint density at radius 1 is 1.42 bits per heavy atom. The Labute approximate surface area is 115 Å². The zero-order chi connectivity index (χ0) is 13.8. The smallest absolute Gasteiger partial charge is 0.227 e. The molecule has 4 nitrogen and oxygen atoms in total. The highest BCUT2D eigenvalue weighted by molar-refractivity contribution is 5.80. The van der Waals surface area contributed by atoms with Gasteiger partial charge >= 0.3 is 0 Å². The summed E-state index contributed by atoms with van der Waals surface area (Å²) in [5, 5.41) is 3.29. The molecule has 0 spiro atoms. The largest absolute Gasteiger partial charge is 0.337 e. The summed E-state index contributed by atoms with van der Waals surface area (Å²) >= 11 is 0. The maximum atomic E-state index is 12.5. The maximum absolute atomic E-state index is 12.5. The van der Waals surface area contributed by atoms with Gasteiger partial charge in [0.2, 0.25) is 5.91 Å². The van der Waals surface area contributed by atoms with E-state index >= 15 is 0 Å². The monoisotopic (exact) mass is 261 g/mol. The molecule has 1 aromatic rings. The van der Waals surface area contributed by atoms with Crippen LogP contribution in [0.1, 0.15) is 25.5 Å². The van der Waals surface area contributed by atoms with Crippen LogP contribution in [0.15, 0.2) is 30.3 Å². The van der Waals surface area contributed by atoms with Crippen molar-refractivity contribution in [1.82, 2.24) is 10.2 Å². The van der Waals surface area contributed by atoms with Crippen LogP contribution >= 0.6 is 0 Å². The van der Waals surface area contributed by atoms with E-state index in [1.54, 1.807) is 0 Å². The zero-order valence-electron chi connectivity index (χ0n) is 11.7. The number of carbonyl (C=O) groups excluding carboxylic acids is 1. The first kappa shape index (κ1) is 14.0. The number of nitrogens with zero attached hydrogens (tertiary/aromatic N) is 1. The molecule has 4 heteroatoms. The van der Waals surface area contributed by atoms with Crippen LogP contribution in [0.25, 0.3) is 0 Å². The first-order valence-corrected chi connectivity index (χ1v) is 6.93. The third kappa shape index (κ3) is 3.14. The van der Waals surface area contributed by atoms with Crippen LogP contribution in [0.3, 0.4) is 0 Å². The third-order valence-electron chi connectivity index (χ3n) is 3.90. The lowest BCUT2D eigenvalue weighted by atomic mass is 9.93. The molecule has 0 aliphatic carbocycles. The number of benzene rings is 1. The van der Waals surface area contributed by atoms with Crippen molar-refractivity contribution >= 4 is 5.91 Å². The number of piperazine rings is 1. The van der Waals surface area contributed by atoms with Gasteiger partial charge in [-0.3, -0.25) is 4.79 Å². The Bertz CT molecular complexity index is 421. The molecule has 19 heavy (non-hydrogen) atoms. The molecule has 3 N–H and O–H groups in total. The van der Waals surface area contributed by atoms with Gasteiger partial charge < -0.3 is 16.0 Å². The van der Waals surface area contributed by atoms with Gasteiger partial charge in [0.15, 0.2) is 0 Å². The summed E-state index contributed by atoms with van der Waals surface area (Å²) in [4.78, 5) is 14.5. The minimum Gasteiger partial charge on any atom is -0.337 e. The molecule has 1 amide bonds. The van der Waals surface area contributed by atoms with Crippen molar-refractivity contribution < 1.29 is 4.79 Å². The van der Waals surface area contributed by atoms with E-state index < -0.39 is 0 Å². The van der Waals surface area contributed by atoms with Crippen LogP contribution in [0.2, 0.25) is 0 Å². The molecule has 0 aromatic heterocycles. The summed E-state index contributed by atoms with van der Waals surface area (Å²) in [6.45, 7) is 6.49. The van der Waals surface area contributed by atoms with E-state index in [4.69, 9.17) is 5.73 Å². The number of hydrogen-bond acceptors (Lipinski definition) is 3. The lowest BCUT2D eigenvalue weighted by Gasteiger charge is -2.36. The summed E-state index contributed by atoms with van der Waals surface area (Å²) < 4.78 is 0. The molecule has 3 atom stereocenters. The van der Waals surface area contributed by atoms with Gasteiger partial charge in [-0.25, -0.2) is 0 Å². The van der Waals surface area contributed by atoms with Crippen LogP contribution in [-0.2, 0) is 4.79 Å². The fourth-order valence-corrected chi connectivity index (χ4v) is 2.55. The number of nitrogens with two attached hydrogens (primary N) is 1. The maximum Gasteiger partial charge on any atom is 0.227 e.